The summed E-state index contributed by atoms with van der Waals surface area (Å²) in [5.74, 6) is -0.240. The number of benzene rings is 2. The summed E-state index contributed by atoms with van der Waals surface area (Å²) in [5, 5.41) is 6.05. The minimum absolute atomic E-state index is 0.152. The second-order valence-corrected chi connectivity index (χ2v) is 12.5. The Kier molecular flexibility index (Phi) is 12.2. The Bertz CT molecular complexity index is 1390. The fourth-order valence-electron chi connectivity index (χ4n) is 6.45. The molecule has 2 aromatic rings. The van der Waals surface area contributed by atoms with Gasteiger partial charge in [0.05, 0.1) is 23.5 Å². The minimum Gasteiger partial charge on any atom is -0.462 e. The highest BCUT2D eigenvalue weighted by molar-refractivity contribution is 6.25. The molecule has 2 N–H and O–H groups in total. The van der Waals surface area contributed by atoms with Crippen molar-refractivity contribution in [1.29, 1.82) is 0 Å². The lowest BCUT2D eigenvalue weighted by molar-refractivity contribution is -0.124. The normalized spacial score (nSPS) is 14.5. The Labute approximate surface area is 268 Å². The van der Waals surface area contributed by atoms with Crippen molar-refractivity contribution in [3.8, 4) is 11.5 Å². The maximum Gasteiger partial charge on any atom is 0.338 e. The Morgan fingerprint density at radius 3 is 2.18 bits per heavy atom. The van der Waals surface area contributed by atoms with Gasteiger partial charge < -0.3 is 20.1 Å². The maximum atomic E-state index is 14.1. The highest BCUT2D eigenvalue weighted by Gasteiger charge is 2.49. The first kappa shape index (κ1) is 34.2. The highest BCUT2D eigenvalue weighted by Crippen LogP contribution is 2.50. The van der Waals surface area contributed by atoms with E-state index in [4.69, 9.17) is 9.47 Å². The first-order valence-electron chi connectivity index (χ1n) is 17.1. The van der Waals surface area contributed by atoms with Crippen molar-refractivity contribution in [2.24, 2.45) is 5.41 Å². The number of hydrogen-bond donors (Lipinski definition) is 2. The molecular formula is C37H50N2O6. The van der Waals surface area contributed by atoms with Gasteiger partial charge in [-0.3, -0.25) is 14.4 Å². The Morgan fingerprint density at radius 2 is 1.51 bits per heavy atom. The average Bonchev–Trinajstić information content (AvgIpc) is 3.03. The number of unbranched alkanes of at least 4 members (excludes halogenated alkanes) is 8. The largest absolute Gasteiger partial charge is 0.462 e. The molecule has 0 bridgehead atoms. The molecule has 0 spiro atoms. The predicted octanol–water partition coefficient (Wildman–Crippen LogP) is 9.14. The van der Waals surface area contributed by atoms with Crippen LogP contribution < -0.4 is 15.4 Å². The van der Waals surface area contributed by atoms with Crippen molar-refractivity contribution in [2.45, 2.75) is 124 Å². The molecule has 0 saturated heterocycles. The number of nitrogens with one attached hydrogen (secondary N) is 2. The zero-order valence-corrected chi connectivity index (χ0v) is 27.6. The van der Waals surface area contributed by atoms with E-state index in [1.807, 2.05) is 6.07 Å². The number of ether oxygens (including phenoxy) is 2. The molecule has 4 rings (SSSR count). The van der Waals surface area contributed by atoms with Crippen LogP contribution in [0, 0.1) is 5.41 Å². The number of rotatable bonds is 17. The third-order valence-electron chi connectivity index (χ3n) is 9.05. The molecule has 8 nitrogen and oxygen atoms in total. The quantitative estimate of drug-likeness (QED) is 0.0887. The van der Waals surface area contributed by atoms with Gasteiger partial charge in [-0.1, -0.05) is 91.0 Å². The number of hydrogen-bond acceptors (Lipinski definition) is 6. The molecule has 2 amide bonds. The summed E-state index contributed by atoms with van der Waals surface area (Å²) in [6.45, 7) is 8.30. The van der Waals surface area contributed by atoms with E-state index in [1.165, 1.54) is 25.7 Å². The van der Waals surface area contributed by atoms with Gasteiger partial charge in [0, 0.05) is 29.5 Å². The Hall–Kier alpha value is -3.68. The SMILES string of the molecule is CCCCCCCCCC(=O)Nc1cc(C(=O)OCC)cc2c1Oc1c(ccc3c1NC(=O)C(CCCC)(CCCC)C3=O)C2. The molecule has 0 unspecified atom stereocenters. The van der Waals surface area contributed by atoms with Crippen LogP contribution in [0.4, 0.5) is 11.4 Å². The number of esters is 1. The van der Waals surface area contributed by atoms with E-state index in [9.17, 15) is 19.2 Å². The van der Waals surface area contributed by atoms with Crippen molar-refractivity contribution >= 4 is 34.9 Å². The average molecular weight is 619 g/mol. The second kappa shape index (κ2) is 16.1. The van der Waals surface area contributed by atoms with Crippen LogP contribution in [0.15, 0.2) is 24.3 Å². The number of Topliss-reactive ketones (excluding diaryl/α,β-unsaturated/α-hetero) is 1. The third-order valence-corrected chi connectivity index (χ3v) is 9.05. The van der Waals surface area contributed by atoms with Crippen molar-refractivity contribution in [2.75, 3.05) is 17.2 Å². The van der Waals surface area contributed by atoms with Crippen LogP contribution in [0.25, 0.3) is 0 Å². The van der Waals surface area contributed by atoms with E-state index < -0.39 is 11.4 Å². The molecule has 0 atom stereocenters. The summed E-state index contributed by atoms with van der Waals surface area (Å²) >= 11 is 0. The van der Waals surface area contributed by atoms with Crippen molar-refractivity contribution < 1.29 is 28.7 Å². The van der Waals surface area contributed by atoms with Crippen LogP contribution in [0.2, 0.25) is 0 Å². The van der Waals surface area contributed by atoms with Crippen molar-refractivity contribution in [3.63, 3.8) is 0 Å². The molecule has 8 heteroatoms. The van der Waals surface area contributed by atoms with Gasteiger partial charge in [-0.2, -0.15) is 0 Å². The van der Waals surface area contributed by atoms with Gasteiger partial charge in [0.25, 0.3) is 0 Å². The number of carbonyl (C=O) groups excluding carboxylic acids is 4. The van der Waals surface area contributed by atoms with E-state index in [1.54, 1.807) is 25.1 Å². The number of fused-ring (bicyclic) bond motifs is 4. The standard InChI is InChI=1S/C37H50N2O6/c1-5-9-12-13-14-15-16-17-30(40)38-29-24-27(35(42)44-8-4)23-26-22-25-18-19-28-31(33(25)45-32(26)29)39-36(43)37(34(28)41,20-10-6-2)21-11-7-3/h18-19,23-24H,5-17,20-22H2,1-4H3,(H,38,40)(H,39,43). The molecule has 2 heterocycles. The molecule has 2 aliphatic heterocycles. The lowest BCUT2D eigenvalue weighted by Gasteiger charge is -2.37. The van der Waals surface area contributed by atoms with Crippen LogP contribution >= 0.6 is 0 Å². The minimum atomic E-state index is -1.08. The highest BCUT2D eigenvalue weighted by atomic mass is 16.5. The Balaban J connectivity index is 1.62. The van der Waals surface area contributed by atoms with Crippen LogP contribution in [-0.4, -0.2) is 30.2 Å². The van der Waals surface area contributed by atoms with E-state index in [2.05, 4.69) is 31.4 Å². The zero-order valence-electron chi connectivity index (χ0n) is 27.6. The first-order valence-corrected chi connectivity index (χ1v) is 17.1. The lowest BCUT2D eigenvalue weighted by atomic mass is 9.69. The summed E-state index contributed by atoms with van der Waals surface area (Å²) in [6, 6.07) is 6.97. The third kappa shape index (κ3) is 7.77. The molecule has 244 valence electrons. The van der Waals surface area contributed by atoms with Gasteiger partial charge in [-0.05, 0) is 44.4 Å². The van der Waals surface area contributed by atoms with Gasteiger partial charge in [0.1, 0.15) is 5.41 Å². The monoisotopic (exact) mass is 618 g/mol. The van der Waals surface area contributed by atoms with Gasteiger partial charge in [-0.25, -0.2) is 4.79 Å². The lowest BCUT2D eigenvalue weighted by Crippen LogP contribution is -2.47. The first-order chi connectivity index (χ1) is 21.8. The summed E-state index contributed by atoms with van der Waals surface area (Å²) < 4.78 is 11.7. The number of carbonyl (C=O) groups is 4. The summed E-state index contributed by atoms with van der Waals surface area (Å²) in [7, 11) is 0. The van der Waals surface area contributed by atoms with Gasteiger partial charge >= 0.3 is 5.97 Å². The molecule has 45 heavy (non-hydrogen) atoms. The molecule has 0 aliphatic carbocycles. The topological polar surface area (TPSA) is 111 Å². The van der Waals surface area contributed by atoms with Crippen molar-refractivity contribution in [3.05, 3.63) is 46.5 Å². The zero-order chi connectivity index (χ0) is 32.4. The van der Waals surface area contributed by atoms with Gasteiger partial charge in [0.2, 0.25) is 11.8 Å². The Morgan fingerprint density at radius 1 is 0.844 bits per heavy atom. The maximum absolute atomic E-state index is 14.1. The van der Waals surface area contributed by atoms with E-state index in [-0.39, 0.29) is 24.2 Å². The molecular weight excluding hydrogens is 568 g/mol. The van der Waals surface area contributed by atoms with Crippen LogP contribution in [0.1, 0.15) is 149 Å². The van der Waals surface area contributed by atoms with E-state index in [0.717, 1.165) is 50.5 Å². The summed E-state index contributed by atoms with van der Waals surface area (Å²) in [4.78, 5) is 53.6. The van der Waals surface area contributed by atoms with Crippen LogP contribution in [0.3, 0.4) is 0 Å². The molecule has 2 aromatic carbocycles. The van der Waals surface area contributed by atoms with E-state index >= 15 is 0 Å². The molecule has 0 aromatic heterocycles. The molecule has 0 saturated carbocycles. The van der Waals surface area contributed by atoms with Crippen LogP contribution in [0.5, 0.6) is 11.5 Å². The smallest absolute Gasteiger partial charge is 0.338 e. The second-order valence-electron chi connectivity index (χ2n) is 12.5. The fourth-order valence-corrected chi connectivity index (χ4v) is 6.45. The summed E-state index contributed by atoms with van der Waals surface area (Å²) in [6.07, 6.45) is 12.9. The summed E-state index contributed by atoms with van der Waals surface area (Å²) in [5.41, 5.74) is 1.96. The number of ketones is 1. The molecule has 0 fully saturated rings. The van der Waals surface area contributed by atoms with Gasteiger partial charge in [0.15, 0.2) is 17.3 Å². The fraction of sp³-hybridized carbons (Fsp3) is 0.568. The molecule has 2 aliphatic rings. The predicted molar refractivity (Wildman–Crippen MR) is 177 cm³/mol. The van der Waals surface area contributed by atoms with Crippen LogP contribution in [-0.2, 0) is 20.7 Å². The van der Waals surface area contributed by atoms with Crippen molar-refractivity contribution in [1.82, 2.24) is 0 Å². The van der Waals surface area contributed by atoms with E-state index in [0.29, 0.717) is 65.2 Å². The number of amides is 2. The van der Waals surface area contributed by atoms with Gasteiger partial charge in [-0.15, -0.1) is 0 Å². The number of anilines is 2. The molecule has 0 radical (unpaired) electrons.